The van der Waals surface area contributed by atoms with E-state index in [1.54, 1.807) is 36.1 Å². The van der Waals surface area contributed by atoms with Crippen molar-refractivity contribution < 1.29 is 19.1 Å². The largest absolute Gasteiger partial charge is 0.462 e. The van der Waals surface area contributed by atoms with E-state index < -0.39 is 5.97 Å². The Morgan fingerprint density at radius 2 is 2.17 bits per heavy atom. The molecule has 2 rings (SSSR count). The molecule has 7 nitrogen and oxygen atoms in total. The molecule has 3 amide bonds. The summed E-state index contributed by atoms with van der Waals surface area (Å²) in [5.41, 5.74) is 6.19. The smallest absolute Gasteiger partial charge is 0.338 e. The van der Waals surface area contributed by atoms with Crippen molar-refractivity contribution in [3.63, 3.8) is 0 Å². The van der Waals surface area contributed by atoms with Crippen LogP contribution in [0.5, 0.6) is 0 Å². The van der Waals surface area contributed by atoms with E-state index in [9.17, 15) is 14.4 Å². The number of carbonyl (C=O) groups is 3. The summed E-state index contributed by atoms with van der Waals surface area (Å²) in [5.74, 6) is -1.12. The van der Waals surface area contributed by atoms with Gasteiger partial charge in [-0.05, 0) is 38.0 Å². The zero-order valence-corrected chi connectivity index (χ0v) is 13.1. The third kappa shape index (κ3) is 4.45. The van der Waals surface area contributed by atoms with Crippen molar-refractivity contribution in [1.82, 2.24) is 4.90 Å². The second-order valence-electron chi connectivity index (χ2n) is 5.42. The summed E-state index contributed by atoms with van der Waals surface area (Å²) in [6, 6.07) is 6.24. The highest BCUT2D eigenvalue weighted by molar-refractivity contribution is 5.94. The molecule has 23 heavy (non-hydrogen) atoms. The lowest BCUT2D eigenvalue weighted by Crippen LogP contribution is -2.45. The SMILES string of the molecule is CCOC(=O)c1cccc(NC(=O)N2CCCC(C(N)=O)C2)c1. The molecule has 1 aromatic carbocycles. The molecule has 1 heterocycles. The first kappa shape index (κ1) is 16.8. The molecule has 0 aromatic heterocycles. The summed E-state index contributed by atoms with van der Waals surface area (Å²) in [4.78, 5) is 36.8. The molecule has 0 bridgehead atoms. The molecule has 124 valence electrons. The molecule has 7 heteroatoms. The van der Waals surface area contributed by atoms with E-state index in [0.717, 1.165) is 6.42 Å². The number of carbonyl (C=O) groups excluding carboxylic acids is 3. The van der Waals surface area contributed by atoms with Gasteiger partial charge >= 0.3 is 12.0 Å². The number of benzene rings is 1. The van der Waals surface area contributed by atoms with Crippen LogP contribution in [0.15, 0.2) is 24.3 Å². The van der Waals surface area contributed by atoms with E-state index in [4.69, 9.17) is 10.5 Å². The summed E-state index contributed by atoms with van der Waals surface area (Å²) in [6.45, 7) is 2.92. The zero-order valence-electron chi connectivity index (χ0n) is 13.1. The first-order valence-electron chi connectivity index (χ1n) is 7.63. The lowest BCUT2D eigenvalue weighted by Gasteiger charge is -2.31. The number of ether oxygens (including phenoxy) is 1. The number of primary amides is 1. The number of likely N-dealkylation sites (tertiary alicyclic amines) is 1. The van der Waals surface area contributed by atoms with E-state index in [0.29, 0.717) is 30.8 Å². The maximum atomic E-state index is 12.3. The number of esters is 1. The average Bonchev–Trinajstić information content (AvgIpc) is 2.55. The highest BCUT2D eigenvalue weighted by Crippen LogP contribution is 2.18. The molecule has 3 N–H and O–H groups in total. The number of nitrogens with two attached hydrogens (primary N) is 1. The van der Waals surface area contributed by atoms with Crippen LogP contribution >= 0.6 is 0 Å². The van der Waals surface area contributed by atoms with Gasteiger partial charge in [-0.1, -0.05) is 6.07 Å². The van der Waals surface area contributed by atoms with Gasteiger partial charge in [0, 0.05) is 18.8 Å². The summed E-state index contributed by atoms with van der Waals surface area (Å²) in [6.07, 6.45) is 1.45. The number of piperidine rings is 1. The minimum absolute atomic E-state index is 0.289. The molecule has 0 saturated carbocycles. The van der Waals surface area contributed by atoms with Gasteiger partial charge in [0.15, 0.2) is 0 Å². The summed E-state index contributed by atoms with van der Waals surface area (Å²) < 4.78 is 4.93. The number of nitrogens with zero attached hydrogens (tertiary/aromatic N) is 1. The van der Waals surface area contributed by atoms with Crippen LogP contribution in [0.3, 0.4) is 0 Å². The van der Waals surface area contributed by atoms with Crippen LogP contribution in [0.4, 0.5) is 10.5 Å². The van der Waals surface area contributed by atoms with Crippen LogP contribution in [-0.4, -0.2) is 42.5 Å². The van der Waals surface area contributed by atoms with Crippen LogP contribution in [0, 0.1) is 5.92 Å². The predicted octanol–water partition coefficient (Wildman–Crippen LogP) is 1.59. The van der Waals surface area contributed by atoms with Gasteiger partial charge in [-0.3, -0.25) is 4.79 Å². The normalized spacial score (nSPS) is 17.4. The van der Waals surface area contributed by atoms with Crippen LogP contribution in [0.1, 0.15) is 30.1 Å². The van der Waals surface area contributed by atoms with Crippen molar-refractivity contribution in [3.8, 4) is 0 Å². The van der Waals surface area contributed by atoms with Gasteiger partial charge in [0.25, 0.3) is 0 Å². The Morgan fingerprint density at radius 1 is 1.39 bits per heavy atom. The monoisotopic (exact) mass is 319 g/mol. The Kier molecular flexibility index (Phi) is 5.56. The molecule has 0 spiro atoms. The summed E-state index contributed by atoms with van der Waals surface area (Å²) >= 11 is 0. The highest BCUT2D eigenvalue weighted by Gasteiger charge is 2.27. The van der Waals surface area contributed by atoms with Crippen LogP contribution < -0.4 is 11.1 Å². The molecule has 0 aliphatic carbocycles. The van der Waals surface area contributed by atoms with Crippen LogP contribution in [0.25, 0.3) is 0 Å². The highest BCUT2D eigenvalue weighted by atomic mass is 16.5. The molecule has 1 aliphatic heterocycles. The summed E-state index contributed by atoms with van der Waals surface area (Å²) in [7, 11) is 0. The fourth-order valence-corrected chi connectivity index (χ4v) is 2.53. The Hall–Kier alpha value is -2.57. The van der Waals surface area contributed by atoms with Gasteiger partial charge in [-0.15, -0.1) is 0 Å². The number of rotatable bonds is 4. The third-order valence-corrected chi connectivity index (χ3v) is 3.74. The van der Waals surface area contributed by atoms with Crippen LogP contribution in [0.2, 0.25) is 0 Å². The van der Waals surface area contributed by atoms with Crippen molar-refractivity contribution in [2.75, 3.05) is 25.0 Å². The molecule has 1 aromatic rings. The molecular formula is C16H21N3O4. The lowest BCUT2D eigenvalue weighted by molar-refractivity contribution is -0.123. The summed E-state index contributed by atoms with van der Waals surface area (Å²) in [5, 5.41) is 2.74. The Labute approximate surface area is 134 Å². The Bertz CT molecular complexity index is 603. The fourth-order valence-electron chi connectivity index (χ4n) is 2.53. The number of amides is 3. The van der Waals surface area contributed by atoms with E-state index >= 15 is 0 Å². The minimum atomic E-state index is -0.435. The fraction of sp³-hybridized carbons (Fsp3) is 0.438. The van der Waals surface area contributed by atoms with E-state index in [1.807, 2.05) is 0 Å². The topological polar surface area (TPSA) is 102 Å². The van der Waals surface area contributed by atoms with E-state index in [2.05, 4.69) is 5.32 Å². The third-order valence-electron chi connectivity index (χ3n) is 3.74. The first-order chi connectivity index (χ1) is 11.0. The van der Waals surface area contributed by atoms with Gasteiger partial charge in [0.1, 0.15) is 0 Å². The van der Waals surface area contributed by atoms with Gasteiger partial charge in [-0.2, -0.15) is 0 Å². The van der Waals surface area contributed by atoms with Gasteiger partial charge in [0.2, 0.25) is 5.91 Å². The molecule has 1 fully saturated rings. The average molecular weight is 319 g/mol. The number of hydrogen-bond donors (Lipinski definition) is 2. The second-order valence-corrected chi connectivity index (χ2v) is 5.42. The number of anilines is 1. The van der Waals surface area contributed by atoms with Crippen molar-refractivity contribution in [1.29, 1.82) is 0 Å². The van der Waals surface area contributed by atoms with Crippen molar-refractivity contribution in [3.05, 3.63) is 29.8 Å². The van der Waals surface area contributed by atoms with Crippen LogP contribution in [-0.2, 0) is 9.53 Å². The zero-order chi connectivity index (χ0) is 16.8. The first-order valence-corrected chi connectivity index (χ1v) is 7.63. The van der Waals surface area contributed by atoms with Crippen molar-refractivity contribution in [2.24, 2.45) is 11.7 Å². The minimum Gasteiger partial charge on any atom is -0.462 e. The van der Waals surface area contributed by atoms with E-state index in [1.165, 1.54) is 0 Å². The molecule has 1 saturated heterocycles. The lowest BCUT2D eigenvalue weighted by atomic mass is 9.98. The molecule has 1 atom stereocenters. The van der Waals surface area contributed by atoms with Gasteiger partial charge in [-0.25, -0.2) is 9.59 Å². The predicted molar refractivity (Wildman–Crippen MR) is 84.9 cm³/mol. The maximum absolute atomic E-state index is 12.3. The molecule has 1 aliphatic rings. The maximum Gasteiger partial charge on any atom is 0.338 e. The Balaban J connectivity index is 2.01. The molecular weight excluding hydrogens is 298 g/mol. The Morgan fingerprint density at radius 3 is 2.87 bits per heavy atom. The van der Waals surface area contributed by atoms with E-state index in [-0.39, 0.29) is 24.5 Å². The molecule has 0 radical (unpaired) electrons. The van der Waals surface area contributed by atoms with Crippen molar-refractivity contribution >= 4 is 23.6 Å². The van der Waals surface area contributed by atoms with Crippen molar-refractivity contribution in [2.45, 2.75) is 19.8 Å². The van der Waals surface area contributed by atoms with Gasteiger partial charge in [0.05, 0.1) is 18.1 Å². The quantitative estimate of drug-likeness (QED) is 0.823. The standard InChI is InChI=1S/C16H21N3O4/c1-2-23-15(21)11-5-3-7-13(9-11)18-16(22)19-8-4-6-12(10-19)14(17)20/h3,5,7,9,12H,2,4,6,8,10H2,1H3,(H2,17,20)(H,18,22). The van der Waals surface area contributed by atoms with Gasteiger partial charge < -0.3 is 20.7 Å². The molecule has 1 unspecified atom stereocenters. The second kappa shape index (κ2) is 7.62. The number of urea groups is 1. The number of hydrogen-bond acceptors (Lipinski definition) is 4. The number of nitrogens with one attached hydrogen (secondary N) is 1.